The maximum atomic E-state index is 11.4. The van der Waals surface area contributed by atoms with Gasteiger partial charge in [0.15, 0.2) is 5.82 Å². The van der Waals surface area contributed by atoms with Crippen LogP contribution in [0.1, 0.15) is 10.4 Å². The molecule has 2 heterocycles. The highest BCUT2D eigenvalue weighted by molar-refractivity contribution is 6.31. The zero-order valence-corrected chi connectivity index (χ0v) is 14.4. The molecule has 0 aliphatic carbocycles. The van der Waals surface area contributed by atoms with Crippen molar-refractivity contribution in [3.05, 3.63) is 53.4 Å². The largest absolute Gasteiger partial charge is 0.478 e. The van der Waals surface area contributed by atoms with Gasteiger partial charge in [-0.1, -0.05) is 11.6 Å². The van der Waals surface area contributed by atoms with Crippen LogP contribution in [0.5, 0.6) is 0 Å². The number of aromatic nitrogens is 3. The van der Waals surface area contributed by atoms with Gasteiger partial charge in [0.1, 0.15) is 0 Å². The molecule has 0 aliphatic heterocycles. The molecule has 0 fully saturated rings. The fourth-order valence-corrected chi connectivity index (χ4v) is 2.50. The lowest BCUT2D eigenvalue weighted by molar-refractivity contribution is 0.0698. The Kier molecular flexibility index (Phi) is 4.58. The van der Waals surface area contributed by atoms with Gasteiger partial charge in [-0.15, -0.1) is 5.10 Å². The quantitative estimate of drug-likeness (QED) is 0.727. The van der Waals surface area contributed by atoms with Crippen LogP contribution in [0.15, 0.2) is 42.9 Å². The average Bonchev–Trinajstić information content (AvgIpc) is 2.90. The third-order valence-corrected chi connectivity index (χ3v) is 3.71. The first-order valence-corrected chi connectivity index (χ1v) is 7.80. The van der Waals surface area contributed by atoms with E-state index in [0.717, 1.165) is 10.9 Å². The van der Waals surface area contributed by atoms with Crippen molar-refractivity contribution in [2.75, 3.05) is 19.4 Å². The van der Waals surface area contributed by atoms with Crippen LogP contribution in [0.25, 0.3) is 17.1 Å². The van der Waals surface area contributed by atoms with Crippen molar-refractivity contribution in [3.63, 3.8) is 0 Å². The Balaban J connectivity index is 2.10. The minimum atomic E-state index is -1.04. The zero-order chi connectivity index (χ0) is 18.0. The number of hydrogen-bond donors (Lipinski definition) is 2. The Hall–Kier alpha value is -3.06. The SMILES string of the molecule is CN(C)/C=C\n1nc(Nc2cnccc2C(=O)O)c2cc(Cl)ccc21. The summed E-state index contributed by atoms with van der Waals surface area (Å²) >= 11 is 6.11. The summed E-state index contributed by atoms with van der Waals surface area (Å²) in [5, 5.41) is 18.2. The highest BCUT2D eigenvalue weighted by Crippen LogP contribution is 2.29. The van der Waals surface area contributed by atoms with E-state index in [0.29, 0.717) is 16.5 Å². The molecule has 8 heteroatoms. The van der Waals surface area contributed by atoms with Gasteiger partial charge in [-0.2, -0.15) is 0 Å². The fraction of sp³-hybridized carbons (Fsp3) is 0.118. The summed E-state index contributed by atoms with van der Waals surface area (Å²) in [7, 11) is 3.82. The van der Waals surface area contributed by atoms with Crippen LogP contribution in [0.4, 0.5) is 11.5 Å². The summed E-state index contributed by atoms with van der Waals surface area (Å²) in [5.41, 5.74) is 1.31. The van der Waals surface area contributed by atoms with Crippen LogP contribution in [0.3, 0.4) is 0 Å². The molecule has 2 N–H and O–H groups in total. The number of carboxylic acids is 1. The molecule has 3 rings (SSSR count). The predicted octanol–water partition coefficient (Wildman–Crippen LogP) is 3.52. The highest BCUT2D eigenvalue weighted by Gasteiger charge is 2.14. The van der Waals surface area contributed by atoms with E-state index in [1.54, 1.807) is 16.8 Å². The Labute approximate surface area is 149 Å². The smallest absolute Gasteiger partial charge is 0.337 e. The van der Waals surface area contributed by atoms with Crippen molar-refractivity contribution in [3.8, 4) is 0 Å². The number of benzene rings is 1. The molecule has 1 aromatic carbocycles. The fourth-order valence-electron chi connectivity index (χ4n) is 2.32. The third-order valence-electron chi connectivity index (χ3n) is 3.48. The van der Waals surface area contributed by atoms with Crippen LogP contribution in [-0.4, -0.2) is 44.8 Å². The molecule has 0 saturated carbocycles. The van der Waals surface area contributed by atoms with Crippen LogP contribution >= 0.6 is 11.6 Å². The van der Waals surface area contributed by atoms with Crippen LogP contribution < -0.4 is 5.32 Å². The van der Waals surface area contributed by atoms with Crippen LogP contribution in [0.2, 0.25) is 5.02 Å². The molecule has 0 saturated heterocycles. The first-order chi connectivity index (χ1) is 12.0. The van der Waals surface area contributed by atoms with Gasteiger partial charge in [-0.3, -0.25) is 4.98 Å². The number of nitrogens with zero attached hydrogens (tertiary/aromatic N) is 4. The van der Waals surface area contributed by atoms with Gasteiger partial charge >= 0.3 is 5.97 Å². The third kappa shape index (κ3) is 3.56. The summed E-state index contributed by atoms with van der Waals surface area (Å²) in [6.07, 6.45) is 6.55. The molecule has 0 atom stereocenters. The summed E-state index contributed by atoms with van der Waals surface area (Å²) in [6, 6.07) is 6.85. The molecule has 0 radical (unpaired) electrons. The summed E-state index contributed by atoms with van der Waals surface area (Å²) in [6.45, 7) is 0. The Morgan fingerprint density at radius 2 is 2.16 bits per heavy atom. The number of nitrogens with one attached hydrogen (secondary N) is 1. The lowest BCUT2D eigenvalue weighted by Crippen LogP contribution is -2.04. The number of hydrogen-bond acceptors (Lipinski definition) is 5. The molecular formula is C17H16ClN5O2. The maximum Gasteiger partial charge on any atom is 0.337 e. The Morgan fingerprint density at radius 3 is 2.88 bits per heavy atom. The van der Waals surface area contributed by atoms with E-state index in [1.807, 2.05) is 37.5 Å². The first-order valence-electron chi connectivity index (χ1n) is 7.42. The molecular weight excluding hydrogens is 342 g/mol. The number of halogens is 1. The molecule has 0 bridgehead atoms. The minimum Gasteiger partial charge on any atom is -0.478 e. The van der Waals surface area contributed by atoms with Gasteiger partial charge in [-0.05, 0) is 24.3 Å². The second-order valence-corrected chi connectivity index (χ2v) is 6.00. The van der Waals surface area contributed by atoms with Crippen LogP contribution in [0, 0.1) is 0 Å². The van der Waals surface area contributed by atoms with Crippen LogP contribution in [-0.2, 0) is 0 Å². The van der Waals surface area contributed by atoms with Gasteiger partial charge in [0.25, 0.3) is 0 Å². The number of pyridine rings is 1. The second kappa shape index (κ2) is 6.82. The van der Waals surface area contributed by atoms with E-state index in [2.05, 4.69) is 15.4 Å². The summed E-state index contributed by atoms with van der Waals surface area (Å²) in [4.78, 5) is 17.3. The van der Waals surface area contributed by atoms with Crippen molar-refractivity contribution in [1.29, 1.82) is 0 Å². The van der Waals surface area contributed by atoms with E-state index in [4.69, 9.17) is 11.6 Å². The van der Waals surface area contributed by atoms with Crippen molar-refractivity contribution in [2.45, 2.75) is 0 Å². The van der Waals surface area contributed by atoms with Gasteiger partial charge in [0, 0.05) is 43.1 Å². The molecule has 128 valence electrons. The number of anilines is 2. The number of carboxylic acid groups (broad SMARTS) is 1. The number of fused-ring (bicyclic) bond motifs is 1. The lowest BCUT2D eigenvalue weighted by atomic mass is 10.2. The molecule has 25 heavy (non-hydrogen) atoms. The molecule has 0 aliphatic rings. The van der Waals surface area contributed by atoms with E-state index in [-0.39, 0.29) is 5.56 Å². The number of carbonyl (C=O) groups is 1. The van der Waals surface area contributed by atoms with Gasteiger partial charge in [0.2, 0.25) is 0 Å². The summed E-state index contributed by atoms with van der Waals surface area (Å²) in [5.74, 6) is -0.546. The monoisotopic (exact) mass is 357 g/mol. The standard InChI is InChI=1S/C17H16ClN5O2/c1-22(2)7-8-23-15-4-3-11(18)9-13(15)16(21-23)20-14-10-19-6-5-12(14)17(24)25/h3-10H,1-2H3,(H,20,21)(H,24,25)/b8-7-. The molecule has 0 unspecified atom stereocenters. The molecule has 0 amide bonds. The first kappa shape index (κ1) is 16.8. The predicted molar refractivity (Wildman–Crippen MR) is 98.2 cm³/mol. The van der Waals surface area contributed by atoms with E-state index < -0.39 is 5.97 Å². The van der Waals surface area contributed by atoms with Crippen molar-refractivity contribution in [1.82, 2.24) is 19.7 Å². The maximum absolute atomic E-state index is 11.4. The highest BCUT2D eigenvalue weighted by atomic mass is 35.5. The molecule has 0 spiro atoms. The summed E-state index contributed by atoms with van der Waals surface area (Å²) < 4.78 is 1.70. The van der Waals surface area contributed by atoms with E-state index >= 15 is 0 Å². The number of rotatable bonds is 5. The second-order valence-electron chi connectivity index (χ2n) is 5.57. The van der Waals surface area contributed by atoms with E-state index in [1.165, 1.54) is 18.5 Å². The molecule has 7 nitrogen and oxygen atoms in total. The van der Waals surface area contributed by atoms with Gasteiger partial charge < -0.3 is 15.3 Å². The van der Waals surface area contributed by atoms with Gasteiger partial charge in [-0.25, -0.2) is 9.48 Å². The van der Waals surface area contributed by atoms with Gasteiger partial charge in [0.05, 0.1) is 23.0 Å². The van der Waals surface area contributed by atoms with E-state index in [9.17, 15) is 9.90 Å². The van der Waals surface area contributed by atoms with Crippen molar-refractivity contribution in [2.24, 2.45) is 0 Å². The molecule has 3 aromatic rings. The number of aromatic carboxylic acids is 1. The normalized spacial score (nSPS) is 11.2. The topological polar surface area (TPSA) is 83.3 Å². The van der Waals surface area contributed by atoms with Crippen molar-refractivity contribution >= 4 is 46.2 Å². The minimum absolute atomic E-state index is 0.114. The lowest BCUT2D eigenvalue weighted by Gasteiger charge is -2.06. The average molecular weight is 358 g/mol. The van der Waals surface area contributed by atoms with Crippen molar-refractivity contribution < 1.29 is 9.90 Å². The Bertz CT molecular complexity index is 965. The zero-order valence-electron chi connectivity index (χ0n) is 13.6. The Morgan fingerprint density at radius 1 is 1.36 bits per heavy atom. The molecule has 2 aromatic heterocycles.